The van der Waals surface area contributed by atoms with Gasteiger partial charge in [-0.3, -0.25) is 4.79 Å². The van der Waals surface area contributed by atoms with E-state index in [0.717, 1.165) is 5.56 Å². The maximum atomic E-state index is 11.1. The summed E-state index contributed by atoms with van der Waals surface area (Å²) in [5, 5.41) is 0.896. The molecule has 0 N–H and O–H groups in total. The molecule has 0 bridgehead atoms. The van der Waals surface area contributed by atoms with Gasteiger partial charge in [-0.2, -0.15) is 0 Å². The fourth-order valence-corrected chi connectivity index (χ4v) is 1.32. The molecule has 0 aliphatic heterocycles. The molecule has 15 heavy (non-hydrogen) atoms. The number of hydrogen-bond acceptors (Lipinski definition) is 1. The number of allylic oxidation sites excluding steroid dienone is 1. The molecule has 0 radical (unpaired) electrons. The first-order chi connectivity index (χ1) is 7.00. The van der Waals surface area contributed by atoms with E-state index in [1.165, 1.54) is 6.08 Å². The third-order valence-electron chi connectivity index (χ3n) is 1.60. The Hall–Kier alpha value is -0.210. The molecule has 0 fully saturated rings. The third kappa shape index (κ3) is 4.04. The van der Waals surface area contributed by atoms with E-state index in [2.05, 4.69) is 0 Å². The van der Waals surface area contributed by atoms with Crippen LogP contribution in [0.3, 0.4) is 0 Å². The van der Waals surface area contributed by atoms with Crippen molar-refractivity contribution in [3.63, 3.8) is 0 Å². The molecule has 0 heterocycles. The number of halogens is 4. The number of benzene rings is 1. The zero-order chi connectivity index (χ0) is 11.4. The van der Waals surface area contributed by atoms with Crippen LogP contribution in [-0.4, -0.2) is 10.6 Å². The van der Waals surface area contributed by atoms with Crippen LogP contribution in [0.4, 0.5) is 0 Å². The van der Waals surface area contributed by atoms with Gasteiger partial charge in [0.05, 0.1) is 10.0 Å². The highest BCUT2D eigenvalue weighted by molar-refractivity contribution is 6.55. The Labute approximate surface area is 108 Å². The SMILES string of the molecule is O=C(C=Cc1ccc(Cl)c(Cl)c1)C(Cl)Cl. The lowest BCUT2D eigenvalue weighted by Crippen LogP contribution is -2.02. The fraction of sp³-hybridized carbons (Fsp3) is 0.100. The summed E-state index contributed by atoms with van der Waals surface area (Å²) in [4.78, 5) is 10.0. The Morgan fingerprint density at radius 3 is 2.40 bits per heavy atom. The van der Waals surface area contributed by atoms with Gasteiger partial charge in [0.15, 0.2) is 10.6 Å². The molecule has 5 heteroatoms. The minimum Gasteiger partial charge on any atom is -0.292 e. The number of alkyl halides is 2. The summed E-state index contributed by atoms with van der Waals surface area (Å²) in [7, 11) is 0. The Balaban J connectivity index is 2.81. The van der Waals surface area contributed by atoms with E-state index < -0.39 is 4.84 Å². The van der Waals surface area contributed by atoms with Crippen molar-refractivity contribution in [1.29, 1.82) is 0 Å². The van der Waals surface area contributed by atoms with Crippen LogP contribution in [0.15, 0.2) is 24.3 Å². The summed E-state index contributed by atoms with van der Waals surface area (Å²) in [6.45, 7) is 0. The Kier molecular flexibility index (Phi) is 4.94. The van der Waals surface area contributed by atoms with Crippen molar-refractivity contribution in [1.82, 2.24) is 0 Å². The summed E-state index contributed by atoms with van der Waals surface area (Å²) in [6.07, 6.45) is 2.87. The van der Waals surface area contributed by atoms with E-state index in [0.29, 0.717) is 10.0 Å². The largest absolute Gasteiger partial charge is 0.292 e. The van der Waals surface area contributed by atoms with Gasteiger partial charge in [0.2, 0.25) is 0 Å². The molecule has 1 nitrogen and oxygen atoms in total. The van der Waals surface area contributed by atoms with E-state index in [1.54, 1.807) is 24.3 Å². The van der Waals surface area contributed by atoms with Gasteiger partial charge in [-0.1, -0.05) is 58.5 Å². The van der Waals surface area contributed by atoms with Crippen LogP contribution < -0.4 is 0 Å². The highest BCUT2D eigenvalue weighted by atomic mass is 35.5. The van der Waals surface area contributed by atoms with Crippen LogP contribution in [0, 0.1) is 0 Å². The minimum atomic E-state index is -1.04. The van der Waals surface area contributed by atoms with E-state index >= 15 is 0 Å². The van der Waals surface area contributed by atoms with E-state index in [-0.39, 0.29) is 5.78 Å². The standard InChI is InChI=1S/C10H6Cl4O/c11-7-3-1-6(5-8(7)12)2-4-9(15)10(13)14/h1-5,10H. The summed E-state index contributed by atoms with van der Waals surface area (Å²) < 4.78 is 0. The molecule has 0 saturated heterocycles. The number of rotatable bonds is 3. The summed E-state index contributed by atoms with van der Waals surface area (Å²) >= 11 is 22.3. The van der Waals surface area contributed by atoms with Crippen LogP contribution in [0.25, 0.3) is 6.08 Å². The Bertz CT molecular complexity index is 398. The molecule has 0 spiro atoms. The number of carbonyl (C=O) groups excluding carboxylic acids is 1. The molecule has 80 valence electrons. The smallest absolute Gasteiger partial charge is 0.188 e. The molecule has 0 saturated carbocycles. The van der Waals surface area contributed by atoms with Crippen molar-refractivity contribution in [3.8, 4) is 0 Å². The predicted octanol–water partition coefficient (Wildman–Crippen LogP) is 4.38. The second kappa shape index (κ2) is 5.76. The zero-order valence-electron chi connectivity index (χ0n) is 7.38. The Morgan fingerprint density at radius 2 is 1.87 bits per heavy atom. The number of hydrogen-bond donors (Lipinski definition) is 0. The van der Waals surface area contributed by atoms with E-state index in [9.17, 15) is 4.79 Å². The highest BCUT2D eigenvalue weighted by Crippen LogP contribution is 2.23. The van der Waals surface area contributed by atoms with E-state index in [1.807, 2.05) is 0 Å². The molecule has 0 aromatic heterocycles. The Morgan fingerprint density at radius 1 is 1.20 bits per heavy atom. The van der Waals surface area contributed by atoms with Gasteiger partial charge < -0.3 is 0 Å². The van der Waals surface area contributed by atoms with Crippen molar-refractivity contribution in [2.75, 3.05) is 0 Å². The topological polar surface area (TPSA) is 17.1 Å². The molecule has 0 unspecified atom stereocenters. The first-order valence-corrected chi connectivity index (χ1v) is 5.58. The van der Waals surface area contributed by atoms with Crippen molar-refractivity contribution in [3.05, 3.63) is 39.9 Å². The van der Waals surface area contributed by atoms with Crippen LogP contribution in [0.5, 0.6) is 0 Å². The molecule has 1 aromatic rings. The second-order valence-corrected chi connectivity index (χ2v) is 4.62. The van der Waals surface area contributed by atoms with Crippen molar-refractivity contribution in [2.24, 2.45) is 0 Å². The van der Waals surface area contributed by atoms with Crippen LogP contribution in [0.2, 0.25) is 10.0 Å². The molecular formula is C10H6Cl4O. The molecule has 0 amide bonds. The normalized spacial score (nSPS) is 11.3. The quantitative estimate of drug-likeness (QED) is 0.594. The van der Waals surface area contributed by atoms with E-state index in [4.69, 9.17) is 46.4 Å². The van der Waals surface area contributed by atoms with Gasteiger partial charge in [-0.25, -0.2) is 0 Å². The molecule has 1 rings (SSSR count). The first kappa shape index (κ1) is 12.9. The van der Waals surface area contributed by atoms with Gasteiger partial charge in [0.25, 0.3) is 0 Å². The summed E-state index contributed by atoms with van der Waals surface area (Å²) in [5.74, 6) is -0.371. The molecule has 0 aliphatic carbocycles. The lowest BCUT2D eigenvalue weighted by Gasteiger charge is -1.97. The zero-order valence-corrected chi connectivity index (χ0v) is 10.4. The van der Waals surface area contributed by atoms with Crippen LogP contribution >= 0.6 is 46.4 Å². The lowest BCUT2D eigenvalue weighted by molar-refractivity contribution is -0.113. The van der Waals surface area contributed by atoms with Gasteiger partial charge in [-0.15, -0.1) is 0 Å². The third-order valence-corrected chi connectivity index (χ3v) is 2.77. The maximum absolute atomic E-state index is 11.1. The van der Waals surface area contributed by atoms with Gasteiger partial charge in [-0.05, 0) is 23.8 Å². The molecule has 1 aromatic carbocycles. The summed E-state index contributed by atoms with van der Waals surface area (Å²) in [5.41, 5.74) is 0.756. The van der Waals surface area contributed by atoms with Gasteiger partial charge in [0.1, 0.15) is 0 Å². The lowest BCUT2D eigenvalue weighted by atomic mass is 10.2. The fourth-order valence-electron chi connectivity index (χ4n) is 0.867. The second-order valence-electron chi connectivity index (χ2n) is 2.71. The van der Waals surface area contributed by atoms with Gasteiger partial charge >= 0.3 is 0 Å². The van der Waals surface area contributed by atoms with Crippen molar-refractivity contribution >= 4 is 58.3 Å². The van der Waals surface area contributed by atoms with Gasteiger partial charge in [0, 0.05) is 0 Å². The maximum Gasteiger partial charge on any atom is 0.188 e. The number of carbonyl (C=O) groups is 1. The molecular weight excluding hydrogens is 278 g/mol. The summed E-state index contributed by atoms with van der Waals surface area (Å²) in [6, 6.07) is 5.02. The number of ketones is 1. The molecule has 0 aliphatic rings. The first-order valence-electron chi connectivity index (χ1n) is 3.96. The average molecular weight is 284 g/mol. The van der Waals surface area contributed by atoms with Crippen LogP contribution in [0.1, 0.15) is 5.56 Å². The molecule has 0 atom stereocenters. The van der Waals surface area contributed by atoms with Crippen molar-refractivity contribution in [2.45, 2.75) is 4.84 Å². The monoisotopic (exact) mass is 282 g/mol. The highest BCUT2D eigenvalue weighted by Gasteiger charge is 2.06. The van der Waals surface area contributed by atoms with Crippen LogP contribution in [-0.2, 0) is 4.79 Å². The minimum absolute atomic E-state index is 0.371. The predicted molar refractivity (Wildman–Crippen MR) is 66.0 cm³/mol. The van der Waals surface area contributed by atoms with Crippen molar-refractivity contribution < 1.29 is 4.79 Å². The average Bonchev–Trinajstić information content (AvgIpc) is 2.19.